The molecule has 2 N–H and O–H groups in total. The summed E-state index contributed by atoms with van der Waals surface area (Å²) >= 11 is 12.4. The molecule has 0 aliphatic carbocycles. The SMILES string of the molecule is CCOc1ccc(NC(=O)c2cc3ccccc3c(N=Nc3c(C)ccc(S(=O)(=O)O)c3Cl)c2[O-])cc1Cl.[Na+]. The number of amides is 1. The Balaban J connectivity index is 0.00000420. The van der Waals surface area contributed by atoms with Gasteiger partial charge in [-0.05, 0) is 55.1 Å². The molecule has 4 aromatic carbocycles. The summed E-state index contributed by atoms with van der Waals surface area (Å²) in [6.45, 7) is 3.84. The van der Waals surface area contributed by atoms with Crippen LogP contribution in [-0.2, 0) is 10.1 Å². The van der Waals surface area contributed by atoms with Crippen LogP contribution >= 0.6 is 23.2 Å². The Hall–Kier alpha value is -2.70. The van der Waals surface area contributed by atoms with Crippen molar-refractivity contribution in [2.45, 2.75) is 18.7 Å². The van der Waals surface area contributed by atoms with E-state index in [1.54, 1.807) is 43.3 Å². The Morgan fingerprint density at radius 1 is 1.05 bits per heavy atom. The number of halogens is 2. The van der Waals surface area contributed by atoms with Gasteiger partial charge in [-0.3, -0.25) is 9.35 Å². The van der Waals surface area contributed by atoms with Crippen LogP contribution in [0.2, 0.25) is 10.0 Å². The Morgan fingerprint density at radius 2 is 1.74 bits per heavy atom. The Labute approximate surface area is 256 Å². The van der Waals surface area contributed by atoms with Gasteiger partial charge >= 0.3 is 29.6 Å². The van der Waals surface area contributed by atoms with Crippen molar-refractivity contribution in [1.29, 1.82) is 0 Å². The Kier molecular flexibility index (Phi) is 10.0. The third kappa shape index (κ3) is 6.72. The number of nitrogens with zero attached hydrogens (tertiary/aromatic N) is 2. The van der Waals surface area contributed by atoms with Crippen LogP contribution in [0.15, 0.2) is 75.8 Å². The van der Waals surface area contributed by atoms with E-state index in [0.717, 1.165) is 6.07 Å². The number of anilines is 1. The van der Waals surface area contributed by atoms with Crippen molar-refractivity contribution in [2.75, 3.05) is 11.9 Å². The van der Waals surface area contributed by atoms with Gasteiger partial charge in [-0.2, -0.15) is 13.5 Å². The topological polar surface area (TPSA) is 140 Å². The van der Waals surface area contributed by atoms with E-state index in [1.807, 2.05) is 6.92 Å². The fourth-order valence-electron chi connectivity index (χ4n) is 3.69. The number of carbonyl (C=O) groups is 1. The van der Waals surface area contributed by atoms with E-state index in [1.165, 1.54) is 18.2 Å². The van der Waals surface area contributed by atoms with E-state index >= 15 is 0 Å². The summed E-state index contributed by atoms with van der Waals surface area (Å²) < 4.78 is 38.1. The number of aryl methyl sites for hydroxylation is 1. The van der Waals surface area contributed by atoms with Gasteiger partial charge in [0.15, 0.2) is 0 Å². The summed E-state index contributed by atoms with van der Waals surface area (Å²) in [6.07, 6.45) is 0. The van der Waals surface area contributed by atoms with Gasteiger partial charge in [-0.25, -0.2) is 0 Å². The number of hydrogen-bond donors (Lipinski definition) is 2. The quantitative estimate of drug-likeness (QED) is 0.189. The summed E-state index contributed by atoms with van der Waals surface area (Å²) in [5.74, 6) is -0.946. The first-order valence-electron chi connectivity index (χ1n) is 11.2. The number of ether oxygens (including phenoxy) is 1. The third-order valence-corrected chi connectivity index (χ3v) is 7.21. The molecule has 0 unspecified atom stereocenters. The van der Waals surface area contributed by atoms with Crippen LogP contribution in [0, 0.1) is 6.92 Å². The molecule has 4 aromatic rings. The van der Waals surface area contributed by atoms with Crippen molar-refractivity contribution in [3.05, 3.63) is 81.8 Å². The number of fused-ring (bicyclic) bond motifs is 1. The first-order chi connectivity index (χ1) is 18.0. The van der Waals surface area contributed by atoms with E-state index in [-0.39, 0.29) is 51.5 Å². The van der Waals surface area contributed by atoms with Crippen LogP contribution in [0.25, 0.3) is 10.8 Å². The van der Waals surface area contributed by atoms with Gasteiger partial charge in [0.05, 0.1) is 22.3 Å². The van der Waals surface area contributed by atoms with Crippen molar-refractivity contribution >= 4 is 67.1 Å². The van der Waals surface area contributed by atoms with Gasteiger partial charge in [-0.1, -0.05) is 59.3 Å². The molecule has 0 atom stereocenters. The molecule has 0 aromatic heterocycles. The molecular weight excluding hydrogens is 576 g/mol. The monoisotopic (exact) mass is 595 g/mol. The van der Waals surface area contributed by atoms with E-state index in [4.69, 9.17) is 27.9 Å². The molecule has 0 aliphatic heterocycles. The number of hydrogen-bond acceptors (Lipinski definition) is 7. The van der Waals surface area contributed by atoms with Crippen LogP contribution in [-0.4, -0.2) is 25.5 Å². The van der Waals surface area contributed by atoms with E-state index in [0.29, 0.717) is 39.4 Å². The zero-order valence-corrected chi connectivity index (χ0v) is 25.4. The molecule has 0 spiro atoms. The molecule has 0 heterocycles. The third-order valence-electron chi connectivity index (χ3n) is 5.52. The van der Waals surface area contributed by atoms with Gasteiger partial charge in [-0.15, -0.1) is 5.11 Å². The minimum absolute atomic E-state index is 0. The van der Waals surface area contributed by atoms with Gasteiger partial charge in [0.1, 0.15) is 16.3 Å². The molecule has 9 nitrogen and oxygen atoms in total. The van der Waals surface area contributed by atoms with Gasteiger partial charge in [0.25, 0.3) is 16.0 Å². The number of azo groups is 1. The minimum Gasteiger partial charge on any atom is -0.870 e. The van der Waals surface area contributed by atoms with Crippen molar-refractivity contribution in [3.63, 3.8) is 0 Å². The van der Waals surface area contributed by atoms with Crippen molar-refractivity contribution in [2.24, 2.45) is 10.2 Å². The van der Waals surface area contributed by atoms with Crippen LogP contribution < -0.4 is 44.7 Å². The van der Waals surface area contributed by atoms with E-state index < -0.39 is 26.7 Å². The summed E-state index contributed by atoms with van der Waals surface area (Å²) in [5, 5.41) is 25.1. The summed E-state index contributed by atoms with van der Waals surface area (Å²) in [6, 6.07) is 15.4. The van der Waals surface area contributed by atoms with Crippen LogP contribution in [0.1, 0.15) is 22.8 Å². The molecule has 0 saturated heterocycles. The average Bonchev–Trinajstić information content (AvgIpc) is 2.85. The number of carbonyl (C=O) groups excluding carboxylic acids is 1. The standard InChI is InChI=1S/C26H21Cl2N3O6S.Na/c1-3-37-20-10-9-16(13-19(20)27)29-26(33)18-12-15-6-4-5-7-17(15)24(25(18)32)31-30-23-14(2)8-11-21(22(23)28)38(34,35)36;/h4-13,32H,3H2,1-2H3,(H,29,33)(H,34,35,36);/q;+1/p-1. The molecule has 0 saturated carbocycles. The minimum atomic E-state index is -4.62. The second-order valence-electron chi connectivity index (χ2n) is 8.07. The second-order valence-corrected chi connectivity index (χ2v) is 10.2. The molecule has 0 aliphatic rings. The normalized spacial score (nSPS) is 11.4. The fourth-order valence-corrected chi connectivity index (χ4v) is 5.03. The molecule has 13 heteroatoms. The zero-order valence-electron chi connectivity index (χ0n) is 21.0. The number of nitrogens with one attached hydrogen (secondary N) is 1. The van der Waals surface area contributed by atoms with E-state index in [2.05, 4.69) is 15.5 Å². The molecular formula is C26H20Cl2N3NaO6S. The molecule has 0 radical (unpaired) electrons. The van der Waals surface area contributed by atoms with Crippen molar-refractivity contribution in [3.8, 4) is 11.5 Å². The molecule has 4 rings (SSSR count). The summed E-state index contributed by atoms with van der Waals surface area (Å²) in [7, 11) is -4.62. The molecule has 39 heavy (non-hydrogen) atoms. The van der Waals surface area contributed by atoms with Gasteiger partial charge < -0.3 is 15.2 Å². The molecule has 1 amide bonds. The smallest absolute Gasteiger partial charge is 0.870 e. The Bertz CT molecular complexity index is 1710. The molecule has 0 bridgehead atoms. The summed E-state index contributed by atoms with van der Waals surface area (Å²) in [5.41, 5.74) is 0.403. The second kappa shape index (κ2) is 12.6. The maximum Gasteiger partial charge on any atom is 1.00 e. The Morgan fingerprint density at radius 3 is 2.41 bits per heavy atom. The average molecular weight is 596 g/mol. The van der Waals surface area contributed by atoms with Crippen molar-refractivity contribution in [1.82, 2.24) is 0 Å². The first-order valence-corrected chi connectivity index (χ1v) is 13.4. The predicted molar refractivity (Wildman–Crippen MR) is 144 cm³/mol. The fraction of sp³-hybridized carbons (Fsp3) is 0.115. The number of rotatable bonds is 7. The first kappa shape index (κ1) is 30.8. The van der Waals surface area contributed by atoms with Crippen molar-refractivity contribution < 1.29 is 57.2 Å². The zero-order chi connectivity index (χ0) is 27.6. The molecule has 196 valence electrons. The maximum atomic E-state index is 13.4. The van der Waals surface area contributed by atoms with E-state index in [9.17, 15) is 22.9 Å². The predicted octanol–water partition coefficient (Wildman–Crippen LogP) is 3.85. The molecule has 0 fully saturated rings. The maximum absolute atomic E-state index is 13.4. The van der Waals surface area contributed by atoms with Gasteiger partial charge in [0.2, 0.25) is 0 Å². The summed E-state index contributed by atoms with van der Waals surface area (Å²) in [4.78, 5) is 12.6. The van der Waals surface area contributed by atoms with Crippen LogP contribution in [0.5, 0.6) is 11.5 Å². The number of benzene rings is 4. The van der Waals surface area contributed by atoms with Crippen LogP contribution in [0.3, 0.4) is 0 Å². The largest absolute Gasteiger partial charge is 1.00 e. The van der Waals surface area contributed by atoms with Gasteiger partial charge in [0, 0.05) is 16.6 Å². The van der Waals surface area contributed by atoms with Crippen LogP contribution in [0.4, 0.5) is 17.1 Å².